The van der Waals surface area contributed by atoms with E-state index < -0.39 is 5.54 Å². The van der Waals surface area contributed by atoms with E-state index in [4.69, 9.17) is 15.2 Å². The average molecular weight is 375 g/mol. The summed E-state index contributed by atoms with van der Waals surface area (Å²) in [5.41, 5.74) is 6.24. The average Bonchev–Trinajstić information content (AvgIpc) is 2.81. The second kappa shape index (κ2) is 8.06. The SMILES string of the molecule is COCc1nc(OC)c2c(C)c(C(=O)NCC(C)(C)N)sc2n1.Cl. The normalized spacial score (nSPS) is 11.2. The minimum atomic E-state index is -0.469. The van der Waals surface area contributed by atoms with Gasteiger partial charge in [-0.1, -0.05) is 0 Å². The molecule has 0 aromatic carbocycles. The molecule has 0 bridgehead atoms. The Bertz CT molecular complexity index is 728. The molecular weight excluding hydrogens is 352 g/mol. The summed E-state index contributed by atoms with van der Waals surface area (Å²) in [5.74, 6) is 0.807. The first-order valence-corrected chi connectivity index (χ1v) is 7.98. The van der Waals surface area contributed by atoms with Gasteiger partial charge in [0.15, 0.2) is 5.82 Å². The number of nitrogens with zero attached hydrogens (tertiary/aromatic N) is 2. The van der Waals surface area contributed by atoms with Gasteiger partial charge in [0.1, 0.15) is 11.4 Å². The van der Waals surface area contributed by atoms with E-state index in [2.05, 4.69) is 15.3 Å². The van der Waals surface area contributed by atoms with Gasteiger partial charge in [-0.15, -0.1) is 23.7 Å². The van der Waals surface area contributed by atoms with E-state index in [0.717, 1.165) is 10.9 Å². The van der Waals surface area contributed by atoms with E-state index in [-0.39, 0.29) is 24.9 Å². The number of hydrogen-bond donors (Lipinski definition) is 2. The van der Waals surface area contributed by atoms with Crippen LogP contribution in [0.25, 0.3) is 10.2 Å². The zero-order valence-electron chi connectivity index (χ0n) is 14.4. The Balaban J connectivity index is 0.00000288. The summed E-state index contributed by atoms with van der Waals surface area (Å²) < 4.78 is 10.4. The highest BCUT2D eigenvalue weighted by atomic mass is 35.5. The molecule has 2 rings (SSSR count). The number of carbonyl (C=O) groups is 1. The molecule has 9 heteroatoms. The molecule has 0 aliphatic rings. The molecule has 0 fully saturated rings. The summed E-state index contributed by atoms with van der Waals surface area (Å²) in [5, 5.41) is 3.61. The van der Waals surface area contributed by atoms with Gasteiger partial charge in [0, 0.05) is 19.2 Å². The number of methoxy groups -OCH3 is 2. The highest BCUT2D eigenvalue weighted by molar-refractivity contribution is 7.20. The molecule has 0 saturated heterocycles. The third-order valence-electron chi connectivity index (χ3n) is 3.18. The van der Waals surface area contributed by atoms with Gasteiger partial charge in [0.2, 0.25) is 5.88 Å². The Hall–Kier alpha value is -1.48. The fraction of sp³-hybridized carbons (Fsp3) is 0.533. The van der Waals surface area contributed by atoms with Crippen molar-refractivity contribution in [2.75, 3.05) is 20.8 Å². The predicted octanol–water partition coefficient (Wildman–Crippen LogP) is 2.04. The maximum atomic E-state index is 12.4. The van der Waals surface area contributed by atoms with Crippen molar-refractivity contribution in [2.45, 2.75) is 32.9 Å². The molecule has 24 heavy (non-hydrogen) atoms. The van der Waals surface area contributed by atoms with Gasteiger partial charge < -0.3 is 20.5 Å². The monoisotopic (exact) mass is 374 g/mol. The lowest BCUT2D eigenvalue weighted by atomic mass is 10.1. The number of ether oxygens (including phenoxy) is 2. The number of nitrogens with two attached hydrogens (primary N) is 1. The van der Waals surface area contributed by atoms with Crippen LogP contribution in [0.2, 0.25) is 0 Å². The highest BCUT2D eigenvalue weighted by Crippen LogP contribution is 2.35. The lowest BCUT2D eigenvalue weighted by molar-refractivity contribution is 0.0949. The predicted molar refractivity (Wildman–Crippen MR) is 97.3 cm³/mol. The van der Waals surface area contributed by atoms with Gasteiger partial charge in [0.05, 0.1) is 17.4 Å². The van der Waals surface area contributed by atoms with E-state index in [0.29, 0.717) is 28.0 Å². The number of thiophene rings is 1. The third kappa shape index (κ3) is 4.54. The number of aryl methyl sites for hydroxylation is 1. The second-order valence-corrected chi connectivity index (χ2v) is 6.99. The molecular formula is C15H23ClN4O3S. The summed E-state index contributed by atoms with van der Waals surface area (Å²) in [6.45, 7) is 6.25. The summed E-state index contributed by atoms with van der Waals surface area (Å²) in [7, 11) is 3.12. The van der Waals surface area contributed by atoms with Crippen molar-refractivity contribution in [3.8, 4) is 5.88 Å². The molecule has 0 unspecified atom stereocenters. The fourth-order valence-electron chi connectivity index (χ4n) is 2.09. The molecule has 0 spiro atoms. The molecule has 0 saturated carbocycles. The zero-order valence-corrected chi connectivity index (χ0v) is 16.1. The van der Waals surface area contributed by atoms with Crippen LogP contribution in [-0.2, 0) is 11.3 Å². The Labute approximate surface area is 151 Å². The van der Waals surface area contributed by atoms with Crippen molar-refractivity contribution in [1.82, 2.24) is 15.3 Å². The number of rotatable bonds is 6. The van der Waals surface area contributed by atoms with Crippen LogP contribution >= 0.6 is 23.7 Å². The van der Waals surface area contributed by atoms with Gasteiger partial charge in [0.25, 0.3) is 5.91 Å². The number of halogens is 1. The summed E-state index contributed by atoms with van der Waals surface area (Å²) in [6.07, 6.45) is 0. The first kappa shape index (κ1) is 20.6. The van der Waals surface area contributed by atoms with E-state index in [1.807, 2.05) is 20.8 Å². The molecule has 2 heterocycles. The second-order valence-electron chi connectivity index (χ2n) is 5.99. The van der Waals surface area contributed by atoms with Crippen LogP contribution in [-0.4, -0.2) is 42.2 Å². The van der Waals surface area contributed by atoms with Gasteiger partial charge in [-0.3, -0.25) is 4.79 Å². The summed E-state index contributed by atoms with van der Waals surface area (Å²) in [4.78, 5) is 22.5. The molecule has 0 atom stereocenters. The summed E-state index contributed by atoms with van der Waals surface area (Å²) in [6, 6.07) is 0. The zero-order chi connectivity index (χ0) is 17.2. The first-order chi connectivity index (χ1) is 10.8. The minimum Gasteiger partial charge on any atom is -0.480 e. The molecule has 2 aromatic heterocycles. The number of aromatic nitrogens is 2. The number of nitrogens with one attached hydrogen (secondary N) is 1. The minimum absolute atomic E-state index is 0. The molecule has 134 valence electrons. The maximum Gasteiger partial charge on any atom is 0.261 e. The van der Waals surface area contributed by atoms with Gasteiger partial charge in [-0.25, -0.2) is 4.98 Å². The third-order valence-corrected chi connectivity index (χ3v) is 4.37. The quantitative estimate of drug-likeness (QED) is 0.802. The Morgan fingerprint density at radius 3 is 2.54 bits per heavy atom. The van der Waals surface area contributed by atoms with Crippen LogP contribution in [0.1, 0.15) is 34.9 Å². The maximum absolute atomic E-state index is 12.4. The van der Waals surface area contributed by atoms with E-state index >= 15 is 0 Å². The van der Waals surface area contributed by atoms with E-state index in [1.54, 1.807) is 14.2 Å². The smallest absolute Gasteiger partial charge is 0.261 e. The largest absolute Gasteiger partial charge is 0.480 e. The molecule has 2 aromatic rings. The molecule has 1 amide bonds. The first-order valence-electron chi connectivity index (χ1n) is 7.17. The van der Waals surface area contributed by atoms with Crippen LogP contribution in [0.5, 0.6) is 5.88 Å². The molecule has 7 nitrogen and oxygen atoms in total. The molecule has 0 aliphatic carbocycles. The summed E-state index contributed by atoms with van der Waals surface area (Å²) >= 11 is 1.31. The van der Waals surface area contributed by atoms with Gasteiger partial charge >= 0.3 is 0 Å². The van der Waals surface area contributed by atoms with Crippen molar-refractivity contribution >= 4 is 39.9 Å². The van der Waals surface area contributed by atoms with Crippen LogP contribution in [0, 0.1) is 6.92 Å². The van der Waals surface area contributed by atoms with Crippen molar-refractivity contribution in [1.29, 1.82) is 0 Å². The van der Waals surface area contributed by atoms with Crippen molar-refractivity contribution in [2.24, 2.45) is 5.73 Å². The standard InChI is InChI=1S/C15H22N4O3S.ClH/c1-8-10-13(22-5)18-9(6-21-4)19-14(10)23-11(8)12(20)17-7-15(2,3)16;/h6-7,16H2,1-5H3,(H,17,20);1H. The van der Waals surface area contributed by atoms with Crippen molar-refractivity contribution < 1.29 is 14.3 Å². The van der Waals surface area contributed by atoms with E-state index in [1.165, 1.54) is 11.3 Å². The van der Waals surface area contributed by atoms with Crippen LogP contribution in [0.4, 0.5) is 0 Å². The Kier molecular flexibility index (Phi) is 6.91. The van der Waals surface area contributed by atoms with Gasteiger partial charge in [-0.05, 0) is 26.3 Å². The van der Waals surface area contributed by atoms with Gasteiger partial charge in [-0.2, -0.15) is 4.98 Å². The van der Waals surface area contributed by atoms with Crippen LogP contribution in [0.3, 0.4) is 0 Å². The van der Waals surface area contributed by atoms with Crippen molar-refractivity contribution in [3.63, 3.8) is 0 Å². The molecule has 3 N–H and O–H groups in total. The number of hydrogen-bond acceptors (Lipinski definition) is 7. The topological polar surface area (TPSA) is 99.4 Å². The number of amides is 1. The van der Waals surface area contributed by atoms with E-state index in [9.17, 15) is 4.79 Å². The number of fused-ring (bicyclic) bond motifs is 1. The van der Waals surface area contributed by atoms with Crippen LogP contribution in [0.15, 0.2) is 0 Å². The fourth-order valence-corrected chi connectivity index (χ4v) is 3.20. The molecule has 0 aliphatic heterocycles. The Morgan fingerprint density at radius 1 is 1.33 bits per heavy atom. The highest BCUT2D eigenvalue weighted by Gasteiger charge is 2.22. The van der Waals surface area contributed by atoms with Crippen molar-refractivity contribution in [3.05, 3.63) is 16.3 Å². The lowest BCUT2D eigenvalue weighted by Gasteiger charge is -2.18. The molecule has 0 radical (unpaired) electrons. The Morgan fingerprint density at radius 2 is 2.00 bits per heavy atom. The number of carbonyl (C=O) groups excluding carboxylic acids is 1. The lowest BCUT2D eigenvalue weighted by Crippen LogP contribution is -2.45. The van der Waals surface area contributed by atoms with Crippen LogP contribution < -0.4 is 15.8 Å².